The van der Waals surface area contributed by atoms with E-state index in [4.69, 9.17) is 11.6 Å². The lowest BCUT2D eigenvalue weighted by Gasteiger charge is -2.06. The Kier molecular flexibility index (Phi) is 2.24. The van der Waals surface area contributed by atoms with E-state index in [1.165, 1.54) is 12.8 Å². The van der Waals surface area contributed by atoms with Gasteiger partial charge < -0.3 is 5.32 Å². The number of hydrogen-bond acceptors (Lipinski definition) is 2. The van der Waals surface area contributed by atoms with Gasteiger partial charge in [0.25, 0.3) is 0 Å². The third-order valence-electron chi connectivity index (χ3n) is 1.78. The highest BCUT2D eigenvalue weighted by Gasteiger charge is 2.21. The minimum absolute atomic E-state index is 0.514. The highest BCUT2D eigenvalue weighted by atomic mass is 79.9. The number of pyridine rings is 1. The molecule has 0 atom stereocenters. The summed E-state index contributed by atoms with van der Waals surface area (Å²) in [6.07, 6.45) is 4.22. The predicted molar refractivity (Wildman–Crippen MR) is 53.6 cm³/mol. The van der Waals surface area contributed by atoms with Gasteiger partial charge in [-0.3, -0.25) is 0 Å². The zero-order chi connectivity index (χ0) is 8.55. The number of nitrogens with one attached hydrogen (secondary N) is 1. The van der Waals surface area contributed by atoms with Crippen molar-refractivity contribution in [3.63, 3.8) is 0 Å². The Bertz CT molecular complexity index is 299. The summed E-state index contributed by atoms with van der Waals surface area (Å²) in [7, 11) is 0. The van der Waals surface area contributed by atoms with Gasteiger partial charge in [-0.05, 0) is 34.8 Å². The summed E-state index contributed by atoms with van der Waals surface area (Å²) in [4.78, 5) is 3.95. The Morgan fingerprint density at radius 1 is 1.58 bits per heavy atom. The fraction of sp³-hybridized carbons (Fsp3) is 0.375. The van der Waals surface area contributed by atoms with Crippen molar-refractivity contribution in [1.82, 2.24) is 4.98 Å². The van der Waals surface area contributed by atoms with Gasteiger partial charge in [0.2, 0.25) is 0 Å². The molecule has 0 aromatic carbocycles. The van der Waals surface area contributed by atoms with Crippen LogP contribution in [0, 0.1) is 0 Å². The van der Waals surface area contributed by atoms with Crippen LogP contribution in [-0.2, 0) is 0 Å². The lowest BCUT2D eigenvalue weighted by Crippen LogP contribution is -2.01. The Morgan fingerprint density at radius 3 is 3.00 bits per heavy atom. The van der Waals surface area contributed by atoms with Crippen molar-refractivity contribution < 1.29 is 0 Å². The van der Waals surface area contributed by atoms with E-state index in [0.29, 0.717) is 11.2 Å². The summed E-state index contributed by atoms with van der Waals surface area (Å²) < 4.78 is 0.860. The lowest BCUT2D eigenvalue weighted by molar-refractivity contribution is 1.14. The molecule has 1 heterocycles. The molecular weight excluding hydrogens is 239 g/mol. The average molecular weight is 248 g/mol. The number of hydrogen-bond donors (Lipinski definition) is 1. The molecule has 0 aliphatic heterocycles. The molecule has 0 radical (unpaired) electrons. The van der Waals surface area contributed by atoms with Gasteiger partial charge in [0.05, 0.1) is 10.2 Å². The maximum Gasteiger partial charge on any atom is 0.145 e. The minimum atomic E-state index is 0.514. The van der Waals surface area contributed by atoms with Crippen LogP contribution >= 0.6 is 27.5 Å². The van der Waals surface area contributed by atoms with Gasteiger partial charge in [-0.1, -0.05) is 11.6 Å². The molecule has 1 aliphatic rings. The molecule has 1 aromatic heterocycles. The van der Waals surface area contributed by atoms with E-state index in [1.54, 1.807) is 6.20 Å². The molecule has 0 unspecified atom stereocenters. The molecule has 1 aromatic rings. The van der Waals surface area contributed by atoms with E-state index in [-0.39, 0.29) is 0 Å². The van der Waals surface area contributed by atoms with E-state index in [9.17, 15) is 0 Å². The summed E-state index contributed by atoms with van der Waals surface area (Å²) in [5, 5.41) is 3.87. The van der Waals surface area contributed by atoms with Crippen LogP contribution < -0.4 is 5.32 Å². The monoisotopic (exact) mass is 246 g/mol. The third-order valence-corrected chi connectivity index (χ3v) is 3.10. The molecule has 12 heavy (non-hydrogen) atoms. The molecule has 0 bridgehead atoms. The van der Waals surface area contributed by atoms with E-state index < -0.39 is 0 Å². The topological polar surface area (TPSA) is 24.9 Å². The number of anilines is 1. The van der Waals surface area contributed by atoms with Crippen LogP contribution in [0.15, 0.2) is 16.7 Å². The Hall–Kier alpha value is -0.280. The number of rotatable bonds is 2. The summed E-state index contributed by atoms with van der Waals surface area (Å²) in [6, 6.07) is 2.56. The van der Waals surface area contributed by atoms with Crippen molar-refractivity contribution >= 4 is 33.2 Å². The van der Waals surface area contributed by atoms with Crippen LogP contribution in [-0.4, -0.2) is 11.0 Å². The second-order valence-corrected chi connectivity index (χ2v) is 4.03. The average Bonchev–Trinajstić information content (AvgIpc) is 2.83. The molecule has 0 amide bonds. The molecule has 2 rings (SSSR count). The second-order valence-electron chi connectivity index (χ2n) is 2.88. The van der Waals surface area contributed by atoms with Gasteiger partial charge in [-0.15, -0.1) is 0 Å². The van der Waals surface area contributed by atoms with Crippen molar-refractivity contribution in [2.45, 2.75) is 18.9 Å². The SMILES string of the molecule is Clc1nccc(NC2CC2)c1Br. The number of halogens is 2. The van der Waals surface area contributed by atoms with E-state index >= 15 is 0 Å². The van der Waals surface area contributed by atoms with Crippen molar-refractivity contribution in [3.05, 3.63) is 21.9 Å². The Labute approximate surface area is 84.5 Å². The largest absolute Gasteiger partial charge is 0.381 e. The molecule has 2 nitrogen and oxygen atoms in total. The summed E-state index contributed by atoms with van der Waals surface area (Å²) >= 11 is 9.20. The molecule has 1 aliphatic carbocycles. The molecular formula is C8H8BrClN2. The number of nitrogens with zero attached hydrogens (tertiary/aromatic N) is 1. The molecule has 64 valence electrons. The van der Waals surface area contributed by atoms with Crippen LogP contribution in [0.3, 0.4) is 0 Å². The summed E-state index contributed by atoms with van der Waals surface area (Å²) in [6.45, 7) is 0. The Morgan fingerprint density at radius 2 is 2.33 bits per heavy atom. The fourth-order valence-electron chi connectivity index (χ4n) is 0.977. The molecule has 0 saturated heterocycles. The fourth-order valence-corrected chi connectivity index (χ4v) is 1.48. The summed E-state index contributed by atoms with van der Waals surface area (Å²) in [5.74, 6) is 0. The standard InChI is InChI=1S/C8H8BrClN2/c9-7-6(12-5-1-2-5)3-4-11-8(7)10/h3-5H,1-2H2,(H,11,12). The highest BCUT2D eigenvalue weighted by molar-refractivity contribution is 9.10. The maximum absolute atomic E-state index is 5.82. The zero-order valence-electron chi connectivity index (χ0n) is 6.35. The van der Waals surface area contributed by atoms with Gasteiger partial charge in [0.15, 0.2) is 0 Å². The van der Waals surface area contributed by atoms with Crippen LogP contribution in [0.25, 0.3) is 0 Å². The van der Waals surface area contributed by atoms with Crippen molar-refractivity contribution in [1.29, 1.82) is 0 Å². The van der Waals surface area contributed by atoms with E-state index in [2.05, 4.69) is 26.2 Å². The van der Waals surface area contributed by atoms with Gasteiger partial charge in [0, 0.05) is 12.2 Å². The summed E-state index contributed by atoms with van der Waals surface area (Å²) in [5.41, 5.74) is 1.04. The normalized spacial score (nSPS) is 16.2. The first-order valence-corrected chi connectivity index (χ1v) is 5.01. The lowest BCUT2D eigenvalue weighted by atomic mass is 10.4. The van der Waals surface area contributed by atoms with Crippen molar-refractivity contribution in [3.8, 4) is 0 Å². The number of aromatic nitrogens is 1. The molecule has 1 fully saturated rings. The predicted octanol–water partition coefficient (Wildman–Crippen LogP) is 3.07. The maximum atomic E-state index is 5.82. The van der Waals surface area contributed by atoms with E-state index in [0.717, 1.165) is 10.2 Å². The first kappa shape index (κ1) is 8.32. The quantitative estimate of drug-likeness (QED) is 0.813. The van der Waals surface area contributed by atoms with Crippen LogP contribution in [0.2, 0.25) is 5.15 Å². The van der Waals surface area contributed by atoms with Crippen LogP contribution in [0.5, 0.6) is 0 Å². The smallest absolute Gasteiger partial charge is 0.145 e. The first-order chi connectivity index (χ1) is 5.77. The third kappa shape index (κ3) is 1.72. The second kappa shape index (κ2) is 3.23. The van der Waals surface area contributed by atoms with Crippen molar-refractivity contribution in [2.75, 3.05) is 5.32 Å². The molecule has 4 heteroatoms. The Balaban J connectivity index is 2.23. The van der Waals surface area contributed by atoms with E-state index in [1.807, 2.05) is 6.07 Å². The van der Waals surface area contributed by atoms with Crippen LogP contribution in [0.1, 0.15) is 12.8 Å². The van der Waals surface area contributed by atoms with Crippen molar-refractivity contribution in [2.24, 2.45) is 0 Å². The molecule has 0 spiro atoms. The first-order valence-electron chi connectivity index (χ1n) is 3.84. The van der Waals surface area contributed by atoms with Crippen LogP contribution in [0.4, 0.5) is 5.69 Å². The zero-order valence-corrected chi connectivity index (χ0v) is 8.69. The molecule has 1 saturated carbocycles. The van der Waals surface area contributed by atoms with Gasteiger partial charge in [-0.2, -0.15) is 0 Å². The van der Waals surface area contributed by atoms with Gasteiger partial charge >= 0.3 is 0 Å². The molecule has 1 N–H and O–H groups in total. The minimum Gasteiger partial charge on any atom is -0.381 e. The van der Waals surface area contributed by atoms with Gasteiger partial charge in [-0.25, -0.2) is 4.98 Å². The van der Waals surface area contributed by atoms with Gasteiger partial charge in [0.1, 0.15) is 5.15 Å². The highest BCUT2D eigenvalue weighted by Crippen LogP contribution is 2.32.